The quantitative estimate of drug-likeness (QED) is 0.116. The van der Waals surface area contributed by atoms with Crippen LogP contribution in [0.15, 0.2) is 73.1 Å². The number of aromatic amines is 2. The van der Waals surface area contributed by atoms with E-state index >= 15 is 0 Å². The molecule has 2 unspecified atom stereocenters. The molecule has 0 aliphatic carbocycles. The summed E-state index contributed by atoms with van der Waals surface area (Å²) in [7, 11) is 1.29. The van der Waals surface area contributed by atoms with Gasteiger partial charge in [0.15, 0.2) is 0 Å². The van der Waals surface area contributed by atoms with Crippen LogP contribution in [0.2, 0.25) is 0 Å². The molecule has 0 spiro atoms. The number of carbonyl (C=O) groups is 4. The van der Waals surface area contributed by atoms with E-state index in [1.165, 1.54) is 7.11 Å². The van der Waals surface area contributed by atoms with E-state index in [1.54, 1.807) is 43.0 Å². The summed E-state index contributed by atoms with van der Waals surface area (Å²) >= 11 is 0. The largest absolute Gasteiger partial charge is 0.453 e. The number of carbonyl (C=O) groups excluding carboxylic acids is 4. The van der Waals surface area contributed by atoms with Crippen LogP contribution in [0.3, 0.4) is 0 Å². The Kier molecular flexibility index (Phi) is 12.2. The fourth-order valence-corrected chi connectivity index (χ4v) is 7.28. The monoisotopic (exact) mass is 778 g/mol. The summed E-state index contributed by atoms with van der Waals surface area (Å²) in [6, 6.07) is 14.4. The minimum absolute atomic E-state index is 0.108. The predicted molar refractivity (Wildman–Crippen MR) is 216 cm³/mol. The molecule has 0 saturated carbocycles. The van der Waals surface area contributed by atoms with Crippen LogP contribution in [0.5, 0.6) is 0 Å². The normalized spacial score (nSPS) is 17.9. The van der Waals surface area contributed by atoms with Crippen LogP contribution in [0.25, 0.3) is 33.6 Å². The van der Waals surface area contributed by atoms with E-state index in [1.807, 2.05) is 64.1 Å². The maximum absolute atomic E-state index is 13.7. The molecular weight excluding hydrogens is 725 g/mol. The topological polar surface area (TPSA) is 175 Å². The minimum Gasteiger partial charge on any atom is -0.453 e. The van der Waals surface area contributed by atoms with E-state index < -0.39 is 35.9 Å². The number of hydrogen-bond acceptors (Lipinski definition) is 8. The minimum atomic E-state index is -0.753. The van der Waals surface area contributed by atoms with Crippen molar-refractivity contribution in [3.05, 3.63) is 84.7 Å². The molecule has 0 bridgehead atoms. The standard InChI is InChI=1S/C43H54N8O6/c1-25(2)35(48-41(54)56-8)39(52)50-21-9-11-33(50)37-44-23-31(46-37)29-17-13-27(14-18-29)28-15-19-30(20-16-28)32-24-45-38(47-32)34-12-10-22-51(34)40(53)36(26(3)4)49-42(55)57-43(5,6)7/h10,12-20,23-26,33-36H,9,11,21-22H2,1-8H3,(H,44,46)(H,45,47)(H,48,54)(H,49,55)/t33?,34?,35-,36-/m0/s1. The molecule has 2 aliphatic rings. The zero-order chi connectivity index (χ0) is 41.0. The maximum Gasteiger partial charge on any atom is 0.408 e. The van der Waals surface area contributed by atoms with Gasteiger partial charge in [0.1, 0.15) is 35.4 Å². The lowest BCUT2D eigenvalue weighted by molar-refractivity contribution is -0.136. The molecule has 2 aliphatic heterocycles. The number of nitrogens with zero attached hydrogens (tertiary/aromatic N) is 4. The van der Waals surface area contributed by atoms with Crippen molar-refractivity contribution < 1.29 is 28.7 Å². The second-order valence-electron chi connectivity index (χ2n) is 16.3. The lowest BCUT2D eigenvalue weighted by Crippen LogP contribution is -2.52. The van der Waals surface area contributed by atoms with Crippen molar-refractivity contribution in [2.75, 3.05) is 20.2 Å². The lowest BCUT2D eigenvalue weighted by atomic mass is 10.0. The number of aromatic nitrogens is 4. The number of nitrogens with one attached hydrogen (secondary N) is 4. The highest BCUT2D eigenvalue weighted by atomic mass is 16.6. The molecule has 4 N–H and O–H groups in total. The third-order valence-electron chi connectivity index (χ3n) is 10.3. The van der Waals surface area contributed by atoms with Gasteiger partial charge in [-0.3, -0.25) is 9.59 Å². The average Bonchev–Trinajstić information content (AvgIpc) is 4.01. The Morgan fingerprint density at radius 3 is 1.75 bits per heavy atom. The summed E-state index contributed by atoms with van der Waals surface area (Å²) in [5, 5.41) is 5.46. The molecule has 2 aromatic carbocycles. The smallest absolute Gasteiger partial charge is 0.408 e. The van der Waals surface area contributed by atoms with Crippen LogP contribution in [0.4, 0.5) is 9.59 Å². The first-order valence-corrected chi connectivity index (χ1v) is 19.6. The average molecular weight is 779 g/mol. The van der Waals surface area contributed by atoms with E-state index in [0.29, 0.717) is 18.9 Å². The van der Waals surface area contributed by atoms with Gasteiger partial charge in [-0.15, -0.1) is 0 Å². The van der Waals surface area contributed by atoms with Crippen LogP contribution in [-0.4, -0.2) is 91.6 Å². The Balaban J connectivity index is 1.10. The molecule has 1 saturated heterocycles. The number of H-pyrrole nitrogens is 2. The van der Waals surface area contributed by atoms with Crippen molar-refractivity contribution >= 4 is 24.0 Å². The van der Waals surface area contributed by atoms with Crippen LogP contribution >= 0.6 is 0 Å². The third kappa shape index (κ3) is 9.38. The Labute approximate surface area is 333 Å². The van der Waals surface area contributed by atoms with Crippen LogP contribution in [0, 0.1) is 11.8 Å². The molecule has 4 aromatic rings. The second kappa shape index (κ2) is 17.1. The molecular formula is C43H54N8O6. The van der Waals surface area contributed by atoms with E-state index in [0.717, 1.165) is 52.3 Å². The summed E-state index contributed by atoms with van der Waals surface area (Å²) in [5.41, 5.74) is 5.01. The van der Waals surface area contributed by atoms with Gasteiger partial charge < -0.3 is 39.9 Å². The van der Waals surface area contributed by atoms with E-state index in [2.05, 4.69) is 54.8 Å². The fraction of sp³-hybridized carbons (Fsp3) is 0.442. The molecule has 57 heavy (non-hydrogen) atoms. The highest BCUT2D eigenvalue weighted by molar-refractivity contribution is 5.87. The molecule has 2 aromatic heterocycles. The number of alkyl carbamates (subject to hydrolysis) is 2. The number of imidazole rings is 2. The first kappa shape index (κ1) is 40.7. The Morgan fingerprint density at radius 2 is 1.23 bits per heavy atom. The molecule has 6 rings (SSSR count). The van der Waals surface area contributed by atoms with E-state index in [9.17, 15) is 19.2 Å². The number of amides is 4. The zero-order valence-corrected chi connectivity index (χ0v) is 34.0. The fourth-order valence-electron chi connectivity index (χ4n) is 7.28. The Hall–Kier alpha value is -5.92. The molecule has 4 heterocycles. The van der Waals surface area contributed by atoms with Crippen molar-refractivity contribution in [3.63, 3.8) is 0 Å². The number of rotatable bonds is 11. The first-order valence-electron chi connectivity index (χ1n) is 19.6. The van der Waals surface area contributed by atoms with E-state index in [-0.39, 0.29) is 29.7 Å². The molecule has 4 atom stereocenters. The van der Waals surface area contributed by atoms with Crippen molar-refractivity contribution in [1.82, 2.24) is 40.4 Å². The van der Waals surface area contributed by atoms with Gasteiger partial charge in [0.2, 0.25) is 11.8 Å². The van der Waals surface area contributed by atoms with Gasteiger partial charge in [0, 0.05) is 13.1 Å². The molecule has 14 heteroatoms. The van der Waals surface area contributed by atoms with Gasteiger partial charge in [-0.2, -0.15) is 0 Å². The zero-order valence-electron chi connectivity index (χ0n) is 34.0. The van der Waals surface area contributed by atoms with Gasteiger partial charge >= 0.3 is 12.2 Å². The van der Waals surface area contributed by atoms with Gasteiger partial charge in [0.25, 0.3) is 0 Å². The van der Waals surface area contributed by atoms with Gasteiger partial charge in [-0.25, -0.2) is 19.6 Å². The Bertz CT molecular complexity index is 2080. The molecule has 14 nitrogen and oxygen atoms in total. The number of benzene rings is 2. The molecule has 4 amide bonds. The Morgan fingerprint density at radius 1 is 0.737 bits per heavy atom. The van der Waals surface area contributed by atoms with Crippen LogP contribution in [0.1, 0.15) is 85.0 Å². The van der Waals surface area contributed by atoms with Crippen LogP contribution in [-0.2, 0) is 19.1 Å². The molecule has 0 radical (unpaired) electrons. The summed E-state index contributed by atoms with van der Waals surface area (Å²) in [6.07, 6.45) is 7.82. The van der Waals surface area contributed by atoms with Crippen molar-refractivity contribution in [2.45, 2.75) is 91.1 Å². The third-order valence-corrected chi connectivity index (χ3v) is 10.3. The van der Waals surface area contributed by atoms with Gasteiger partial charge in [-0.1, -0.05) is 88.4 Å². The summed E-state index contributed by atoms with van der Waals surface area (Å²) in [4.78, 5) is 71.5. The van der Waals surface area contributed by atoms with Crippen molar-refractivity contribution in [2.24, 2.45) is 11.8 Å². The lowest BCUT2D eigenvalue weighted by Gasteiger charge is -2.31. The molecule has 302 valence electrons. The molecule has 1 fully saturated rings. The van der Waals surface area contributed by atoms with Crippen molar-refractivity contribution in [3.8, 4) is 33.6 Å². The number of likely N-dealkylation sites (tertiary alicyclic amines) is 1. The summed E-state index contributed by atoms with van der Waals surface area (Å²) in [5.74, 6) is 0.747. The maximum atomic E-state index is 13.7. The highest BCUT2D eigenvalue weighted by Gasteiger charge is 2.38. The number of ether oxygens (including phenoxy) is 2. The van der Waals surface area contributed by atoms with Crippen molar-refractivity contribution in [1.29, 1.82) is 0 Å². The highest BCUT2D eigenvalue weighted by Crippen LogP contribution is 2.34. The first-order chi connectivity index (χ1) is 27.1. The second-order valence-corrected chi connectivity index (χ2v) is 16.3. The SMILES string of the molecule is COC(=O)N[C@H](C(=O)N1CCCC1c1ncc(-c2ccc(-c3ccc(-c4cnc(C5C=CCN5C(=O)[C@@H](NC(=O)OC(C)(C)C)C(C)C)[nH]4)cc3)cc2)[nH]1)C(C)C. The van der Waals surface area contributed by atoms with E-state index in [4.69, 9.17) is 9.47 Å². The number of methoxy groups -OCH3 is 1. The summed E-state index contributed by atoms with van der Waals surface area (Å²) < 4.78 is 10.2. The van der Waals surface area contributed by atoms with Gasteiger partial charge in [0.05, 0.1) is 36.9 Å². The number of hydrogen-bond donors (Lipinski definition) is 4. The summed E-state index contributed by atoms with van der Waals surface area (Å²) in [6.45, 7) is 13.9. The van der Waals surface area contributed by atoms with Gasteiger partial charge in [-0.05, 0) is 67.7 Å². The van der Waals surface area contributed by atoms with Crippen LogP contribution < -0.4 is 10.6 Å². The predicted octanol–water partition coefficient (Wildman–Crippen LogP) is 7.17.